The highest BCUT2D eigenvalue weighted by molar-refractivity contribution is 7.92. The number of fused-ring (bicyclic) bond motifs is 2. The second-order valence-corrected chi connectivity index (χ2v) is 23.6. The maximum Gasteiger partial charge on any atom is 0.274 e. The van der Waals surface area contributed by atoms with Gasteiger partial charge in [0.2, 0.25) is 20.0 Å². The standard InChI is InChI=1S/C28H28FN5O4S.C17H14FN3O2.C14H22N2O2S.H3N/c1-19-7-9-20(10-8-19)18-33-12-13-34(39(37,38)15-14-33)27-23-6-3-11-30-24(23)26(35)25(32-27)28(36)31-17-21-4-2-5-22(29)16-21;1-10-13-6-3-7-19-14(13)16(22)15(21-10)17(23)20-9-11-4-2-5-12(18)8-11;1-3-14-10-13(5-4-12(14)2)11-16-7-6-15-19(17,18)9-8-16;/h2-11,16,35H,12-15,17-18H2,1H3,(H,31,36);2-8,22H,9H2,1H3,(H,20,23);4-5,10,15H,3,6-9,11H2,1-2H3;1H3. The largest absolute Gasteiger partial charge is 0.504 e. The van der Waals surface area contributed by atoms with Crippen LogP contribution in [-0.4, -0.2) is 119 Å². The number of halogens is 2. The molecular formula is C59H67F2N11O8S2. The monoisotopic (exact) mass is 1160 g/mol. The van der Waals surface area contributed by atoms with Crippen LogP contribution in [0.25, 0.3) is 21.8 Å². The summed E-state index contributed by atoms with van der Waals surface area (Å²) < 4.78 is 80.3. The van der Waals surface area contributed by atoms with E-state index < -0.39 is 43.4 Å². The van der Waals surface area contributed by atoms with E-state index in [2.05, 4.69) is 77.1 Å². The molecule has 2 aliphatic rings. The fourth-order valence-corrected chi connectivity index (χ4v) is 11.8. The number of aryl methyl sites for hydroxylation is 4. The molecule has 0 saturated carbocycles. The quantitative estimate of drug-likeness (QED) is 0.0690. The maximum absolute atomic E-state index is 13.5. The Labute approximate surface area is 476 Å². The molecule has 0 bridgehead atoms. The number of carbonyl (C=O) groups is 2. The van der Waals surface area contributed by atoms with Gasteiger partial charge in [0.05, 0.1) is 11.5 Å². The fourth-order valence-electron chi connectivity index (χ4n) is 9.32. The lowest BCUT2D eigenvalue weighted by atomic mass is 10.0. The van der Waals surface area contributed by atoms with E-state index in [1.165, 1.54) is 63.7 Å². The summed E-state index contributed by atoms with van der Waals surface area (Å²) in [6.07, 6.45) is 4.02. The van der Waals surface area contributed by atoms with Gasteiger partial charge >= 0.3 is 0 Å². The Hall–Kier alpha value is -8.06. The summed E-state index contributed by atoms with van der Waals surface area (Å²) in [6, 6.07) is 33.1. The number of sulfonamides is 2. The smallest absolute Gasteiger partial charge is 0.274 e. The molecule has 2 fully saturated rings. The van der Waals surface area contributed by atoms with Gasteiger partial charge in [-0.25, -0.2) is 40.3 Å². The molecule has 2 aliphatic heterocycles. The normalized spacial score (nSPS) is 15.1. The Balaban J connectivity index is 0.000000192. The first-order chi connectivity index (χ1) is 38.8. The van der Waals surface area contributed by atoms with Crippen LogP contribution in [0.15, 0.2) is 128 Å². The minimum atomic E-state index is -3.81. The first kappa shape index (κ1) is 61.6. The minimum absolute atomic E-state index is 0. The Kier molecular flexibility index (Phi) is 20.7. The van der Waals surface area contributed by atoms with E-state index in [9.17, 15) is 45.4 Å². The number of anilines is 1. The van der Waals surface area contributed by atoms with E-state index >= 15 is 0 Å². The van der Waals surface area contributed by atoms with Gasteiger partial charge in [0.25, 0.3) is 11.8 Å². The molecule has 10 rings (SSSR count). The third-order valence-corrected chi connectivity index (χ3v) is 16.9. The predicted octanol–water partition coefficient (Wildman–Crippen LogP) is 7.53. The summed E-state index contributed by atoms with van der Waals surface area (Å²) >= 11 is 0. The van der Waals surface area contributed by atoms with E-state index in [1.807, 2.05) is 31.2 Å². The van der Waals surface area contributed by atoms with E-state index in [4.69, 9.17) is 0 Å². The Morgan fingerprint density at radius 3 is 1.78 bits per heavy atom. The first-order valence-corrected chi connectivity index (χ1v) is 29.6. The number of hydrogen-bond acceptors (Lipinski definition) is 15. The van der Waals surface area contributed by atoms with Crippen LogP contribution < -0.4 is 25.8 Å². The van der Waals surface area contributed by atoms with E-state index in [-0.39, 0.29) is 71.6 Å². The number of aromatic hydroxyl groups is 2. The lowest BCUT2D eigenvalue weighted by Gasteiger charge is -2.24. The van der Waals surface area contributed by atoms with Crippen LogP contribution in [0, 0.1) is 32.4 Å². The van der Waals surface area contributed by atoms with Crippen molar-refractivity contribution in [2.45, 2.75) is 60.3 Å². The Bertz CT molecular complexity index is 3800. The van der Waals surface area contributed by atoms with Gasteiger partial charge in [-0.3, -0.25) is 33.7 Å². The molecule has 2 amide bonds. The molecule has 0 atom stereocenters. The average molecular weight is 1160 g/mol. The van der Waals surface area contributed by atoms with Crippen molar-refractivity contribution >= 4 is 59.5 Å². The molecule has 23 heteroatoms. The number of pyridine rings is 4. The third kappa shape index (κ3) is 15.9. The van der Waals surface area contributed by atoms with Crippen molar-refractivity contribution in [3.8, 4) is 11.5 Å². The highest BCUT2D eigenvalue weighted by atomic mass is 32.2. The highest BCUT2D eigenvalue weighted by Gasteiger charge is 2.32. The van der Waals surface area contributed by atoms with Crippen LogP contribution in [0.3, 0.4) is 0 Å². The van der Waals surface area contributed by atoms with E-state index in [1.54, 1.807) is 49.4 Å². The van der Waals surface area contributed by atoms with Crippen LogP contribution in [0.1, 0.15) is 72.5 Å². The Morgan fingerprint density at radius 1 is 0.622 bits per heavy atom. The van der Waals surface area contributed by atoms with Gasteiger partial charge in [-0.1, -0.05) is 79.2 Å². The SMILES string of the molecule is CCc1cc(CN2CCNS(=O)(=O)CC2)ccc1C.Cc1ccc(CN2CCN(c3nc(C(=O)NCc4cccc(F)c4)c(O)c4ncccc34)S(=O)(=O)CC2)cc1.Cc1nc(C(=O)NCc2cccc(F)c2)c(O)c2ncccc12.N. The number of nitrogens with zero attached hydrogens (tertiary/aromatic N) is 7. The lowest BCUT2D eigenvalue weighted by molar-refractivity contribution is 0.0935. The van der Waals surface area contributed by atoms with Crippen molar-refractivity contribution in [2.24, 2.45) is 0 Å². The molecule has 432 valence electrons. The minimum Gasteiger partial charge on any atom is -0.504 e. The molecule has 0 unspecified atom stereocenters. The van der Waals surface area contributed by atoms with E-state index in [0.29, 0.717) is 65.8 Å². The van der Waals surface area contributed by atoms with Crippen LogP contribution in [0.2, 0.25) is 0 Å². The topological polar surface area (TPSA) is 275 Å². The fraction of sp³-hybridized carbons (Fsp3) is 0.288. The summed E-state index contributed by atoms with van der Waals surface area (Å²) in [4.78, 5) is 46.4. The number of amides is 2. The Morgan fingerprint density at radius 2 is 1.17 bits per heavy atom. The van der Waals surface area contributed by atoms with Crippen molar-refractivity contribution in [1.29, 1.82) is 0 Å². The zero-order valence-electron chi connectivity index (χ0n) is 46.1. The summed E-state index contributed by atoms with van der Waals surface area (Å²) in [6.45, 7) is 12.4. The van der Waals surface area contributed by atoms with E-state index in [0.717, 1.165) is 30.6 Å². The molecule has 19 nitrogen and oxygen atoms in total. The molecule has 82 heavy (non-hydrogen) atoms. The predicted molar refractivity (Wildman–Crippen MR) is 313 cm³/mol. The zero-order valence-corrected chi connectivity index (χ0v) is 47.7. The van der Waals surface area contributed by atoms with Gasteiger partial charge in [-0.05, 0) is 109 Å². The second-order valence-electron chi connectivity index (χ2n) is 19.7. The van der Waals surface area contributed by atoms with Gasteiger partial charge in [-0.2, -0.15) is 0 Å². The number of aromatic nitrogens is 4. The maximum atomic E-state index is 13.5. The van der Waals surface area contributed by atoms with Gasteiger partial charge in [0.1, 0.15) is 22.7 Å². The van der Waals surface area contributed by atoms with Gasteiger partial charge < -0.3 is 27.0 Å². The molecule has 8 N–H and O–H groups in total. The van der Waals surface area contributed by atoms with Gasteiger partial charge in [-0.15, -0.1) is 0 Å². The summed E-state index contributed by atoms with van der Waals surface area (Å²) in [5, 5.41) is 27.3. The highest BCUT2D eigenvalue weighted by Crippen LogP contribution is 2.35. The molecular weight excluding hydrogens is 1090 g/mol. The van der Waals surface area contributed by atoms with Crippen LogP contribution in [0.5, 0.6) is 11.5 Å². The molecule has 8 aromatic rings. The number of hydrogen-bond donors (Lipinski definition) is 6. The van der Waals surface area contributed by atoms with Gasteiger partial charge in [0.15, 0.2) is 28.7 Å². The number of rotatable bonds is 12. The summed E-state index contributed by atoms with van der Waals surface area (Å²) in [5.41, 5.74) is 7.88. The number of nitrogens with one attached hydrogen (secondary N) is 3. The molecule has 0 spiro atoms. The molecule has 0 aliphatic carbocycles. The van der Waals surface area contributed by atoms with Crippen LogP contribution >= 0.6 is 0 Å². The number of carbonyl (C=O) groups excluding carboxylic acids is 2. The van der Waals surface area contributed by atoms with Crippen LogP contribution in [-0.2, 0) is 52.6 Å². The van der Waals surface area contributed by atoms with Crippen molar-refractivity contribution in [3.05, 3.63) is 195 Å². The van der Waals surface area contributed by atoms with Crippen molar-refractivity contribution in [1.82, 2.24) is 51.2 Å². The molecule has 4 aromatic heterocycles. The molecule has 6 heterocycles. The lowest BCUT2D eigenvalue weighted by Crippen LogP contribution is -2.35. The third-order valence-electron chi connectivity index (χ3n) is 13.8. The first-order valence-electron chi connectivity index (χ1n) is 26.3. The van der Waals surface area contributed by atoms with Crippen LogP contribution in [0.4, 0.5) is 14.6 Å². The summed E-state index contributed by atoms with van der Waals surface area (Å²) in [7, 11) is -6.86. The summed E-state index contributed by atoms with van der Waals surface area (Å²) in [5.74, 6) is -2.72. The molecule has 4 aromatic carbocycles. The average Bonchev–Trinajstić information content (AvgIpc) is 3.86. The zero-order chi connectivity index (χ0) is 57.8. The van der Waals surface area contributed by atoms with Crippen molar-refractivity contribution in [2.75, 3.05) is 55.1 Å². The molecule has 2 saturated heterocycles. The number of benzene rings is 4. The second kappa shape index (κ2) is 27.6. The molecule has 0 radical (unpaired) electrons. The van der Waals surface area contributed by atoms with Crippen molar-refractivity contribution < 1.29 is 45.4 Å². The van der Waals surface area contributed by atoms with Crippen molar-refractivity contribution in [3.63, 3.8) is 0 Å². The van der Waals surface area contributed by atoms with Gasteiger partial charge in [0, 0.05) is 94.3 Å².